The molecule has 2 amide bonds. The standard InChI is InChI=1S/C18H15F2N3O2S/c1-10-8-11(6-7-15(10)25-2)14-9-26-18(21-14)23-17(24)22-16-12(19)4-3-5-13(16)20/h3-9H,1-2H3,(H2,21,22,23,24). The highest BCUT2D eigenvalue weighted by atomic mass is 32.1. The third-order valence-corrected chi connectivity index (χ3v) is 4.37. The number of nitrogens with one attached hydrogen (secondary N) is 2. The monoisotopic (exact) mass is 375 g/mol. The molecule has 0 fully saturated rings. The van der Waals surface area contributed by atoms with Crippen LogP contribution in [0.4, 0.5) is 24.4 Å². The van der Waals surface area contributed by atoms with Crippen molar-refractivity contribution in [3.05, 3.63) is 59.0 Å². The fraction of sp³-hybridized carbons (Fsp3) is 0.111. The predicted molar refractivity (Wildman–Crippen MR) is 97.8 cm³/mol. The van der Waals surface area contributed by atoms with Crippen LogP contribution in [0.2, 0.25) is 0 Å². The Morgan fingerprint density at radius 1 is 1.15 bits per heavy atom. The minimum absolute atomic E-state index is 0.308. The third kappa shape index (κ3) is 3.80. The van der Waals surface area contributed by atoms with E-state index in [9.17, 15) is 13.6 Å². The molecule has 0 aliphatic carbocycles. The second-order valence-electron chi connectivity index (χ2n) is 5.40. The van der Waals surface area contributed by atoms with E-state index in [1.807, 2.05) is 25.1 Å². The molecule has 0 bridgehead atoms. The summed E-state index contributed by atoms with van der Waals surface area (Å²) in [7, 11) is 1.60. The lowest BCUT2D eigenvalue weighted by molar-refractivity contribution is 0.262. The van der Waals surface area contributed by atoms with E-state index in [1.54, 1.807) is 12.5 Å². The molecular weight excluding hydrogens is 360 g/mol. The normalized spacial score (nSPS) is 10.5. The first-order valence-electron chi connectivity index (χ1n) is 7.60. The maximum absolute atomic E-state index is 13.6. The number of rotatable bonds is 4. The van der Waals surface area contributed by atoms with Crippen molar-refractivity contribution in [2.24, 2.45) is 0 Å². The van der Waals surface area contributed by atoms with Crippen molar-refractivity contribution < 1.29 is 18.3 Å². The molecule has 1 aromatic heterocycles. The van der Waals surface area contributed by atoms with Gasteiger partial charge in [0, 0.05) is 10.9 Å². The number of thiazole rings is 1. The summed E-state index contributed by atoms with van der Waals surface area (Å²) in [4.78, 5) is 16.3. The van der Waals surface area contributed by atoms with Crippen LogP contribution < -0.4 is 15.4 Å². The van der Waals surface area contributed by atoms with Crippen molar-refractivity contribution in [2.45, 2.75) is 6.92 Å². The van der Waals surface area contributed by atoms with Gasteiger partial charge in [-0.25, -0.2) is 18.6 Å². The van der Waals surface area contributed by atoms with Gasteiger partial charge in [-0.1, -0.05) is 6.07 Å². The highest BCUT2D eigenvalue weighted by molar-refractivity contribution is 7.14. The molecule has 0 saturated carbocycles. The fourth-order valence-electron chi connectivity index (χ4n) is 2.36. The first kappa shape index (κ1) is 17.8. The summed E-state index contributed by atoms with van der Waals surface area (Å²) in [5.41, 5.74) is 1.99. The number of urea groups is 1. The van der Waals surface area contributed by atoms with Crippen molar-refractivity contribution in [1.82, 2.24) is 4.98 Å². The topological polar surface area (TPSA) is 63.2 Å². The second kappa shape index (κ2) is 7.49. The predicted octanol–water partition coefficient (Wildman–Crippen LogP) is 5.05. The Morgan fingerprint density at radius 2 is 1.88 bits per heavy atom. The van der Waals surface area contributed by atoms with Gasteiger partial charge in [-0.05, 0) is 42.8 Å². The van der Waals surface area contributed by atoms with Gasteiger partial charge in [0.15, 0.2) is 5.13 Å². The molecule has 5 nitrogen and oxygen atoms in total. The van der Waals surface area contributed by atoms with E-state index in [-0.39, 0.29) is 0 Å². The summed E-state index contributed by atoms with van der Waals surface area (Å²) in [6.07, 6.45) is 0. The van der Waals surface area contributed by atoms with Gasteiger partial charge in [0.1, 0.15) is 23.1 Å². The zero-order chi connectivity index (χ0) is 18.7. The molecule has 0 saturated heterocycles. The second-order valence-corrected chi connectivity index (χ2v) is 6.26. The quantitative estimate of drug-likeness (QED) is 0.671. The Hall–Kier alpha value is -3.00. The summed E-state index contributed by atoms with van der Waals surface area (Å²) in [6.45, 7) is 1.92. The average Bonchev–Trinajstić information content (AvgIpc) is 3.06. The minimum atomic E-state index is -0.853. The van der Waals surface area contributed by atoms with E-state index in [2.05, 4.69) is 15.6 Å². The summed E-state index contributed by atoms with van der Waals surface area (Å²) in [5, 5.41) is 6.71. The van der Waals surface area contributed by atoms with Crippen molar-refractivity contribution in [2.75, 3.05) is 17.7 Å². The number of carbonyl (C=O) groups excluding carboxylic acids is 1. The zero-order valence-corrected chi connectivity index (χ0v) is 14.8. The van der Waals surface area contributed by atoms with Crippen molar-refractivity contribution >= 4 is 28.2 Å². The van der Waals surface area contributed by atoms with Crippen LogP contribution in [0, 0.1) is 18.6 Å². The molecule has 0 spiro atoms. The van der Waals surface area contributed by atoms with E-state index in [0.29, 0.717) is 10.8 Å². The molecule has 0 aliphatic rings. The van der Waals surface area contributed by atoms with Crippen LogP contribution in [0.25, 0.3) is 11.3 Å². The summed E-state index contributed by atoms with van der Waals surface area (Å²) >= 11 is 1.21. The number of para-hydroxylation sites is 1. The summed E-state index contributed by atoms with van der Waals surface area (Å²) in [5.74, 6) is -0.934. The van der Waals surface area contributed by atoms with Gasteiger partial charge in [-0.15, -0.1) is 11.3 Å². The Balaban J connectivity index is 1.72. The summed E-state index contributed by atoms with van der Waals surface area (Å²) < 4.78 is 32.4. The average molecular weight is 375 g/mol. The molecule has 8 heteroatoms. The van der Waals surface area contributed by atoms with Crippen LogP contribution >= 0.6 is 11.3 Å². The zero-order valence-electron chi connectivity index (χ0n) is 14.0. The van der Waals surface area contributed by atoms with Gasteiger partial charge in [0.25, 0.3) is 0 Å². The fourth-order valence-corrected chi connectivity index (χ4v) is 3.08. The molecule has 26 heavy (non-hydrogen) atoms. The van der Waals surface area contributed by atoms with Crippen molar-refractivity contribution in [3.63, 3.8) is 0 Å². The van der Waals surface area contributed by atoms with Crippen LogP contribution in [0.15, 0.2) is 41.8 Å². The SMILES string of the molecule is COc1ccc(-c2csc(NC(=O)Nc3c(F)cccc3F)n2)cc1C. The molecule has 0 atom stereocenters. The molecule has 2 N–H and O–H groups in total. The van der Waals surface area contributed by atoms with Gasteiger partial charge < -0.3 is 10.1 Å². The maximum Gasteiger partial charge on any atom is 0.325 e. The summed E-state index contributed by atoms with van der Waals surface area (Å²) in [6, 6.07) is 8.19. The number of methoxy groups -OCH3 is 1. The molecule has 3 rings (SSSR count). The number of anilines is 2. The van der Waals surface area contributed by atoms with Gasteiger partial charge in [0.2, 0.25) is 0 Å². The molecule has 134 valence electrons. The number of aryl methyl sites for hydroxylation is 1. The van der Waals surface area contributed by atoms with Crippen molar-refractivity contribution in [1.29, 1.82) is 0 Å². The molecule has 2 aromatic carbocycles. The number of aromatic nitrogens is 1. The highest BCUT2D eigenvalue weighted by Crippen LogP contribution is 2.29. The molecule has 0 radical (unpaired) electrons. The van der Waals surface area contributed by atoms with Crippen LogP contribution in [0.5, 0.6) is 5.75 Å². The number of nitrogens with zero attached hydrogens (tertiary/aromatic N) is 1. The molecule has 0 aliphatic heterocycles. The third-order valence-electron chi connectivity index (χ3n) is 3.62. The van der Waals surface area contributed by atoms with Crippen LogP contribution in [-0.2, 0) is 0 Å². The number of amides is 2. The first-order chi connectivity index (χ1) is 12.5. The largest absolute Gasteiger partial charge is 0.496 e. The lowest BCUT2D eigenvalue weighted by atomic mass is 10.1. The lowest BCUT2D eigenvalue weighted by Crippen LogP contribution is -2.20. The number of ether oxygens (including phenoxy) is 1. The van der Waals surface area contributed by atoms with Gasteiger partial charge in [-0.2, -0.15) is 0 Å². The molecule has 3 aromatic rings. The number of hydrogen-bond donors (Lipinski definition) is 2. The van der Waals surface area contributed by atoms with Gasteiger partial charge in [0.05, 0.1) is 12.8 Å². The van der Waals surface area contributed by atoms with Crippen LogP contribution in [0.1, 0.15) is 5.56 Å². The Kier molecular flexibility index (Phi) is 5.13. The Morgan fingerprint density at radius 3 is 2.54 bits per heavy atom. The van der Waals surface area contributed by atoms with E-state index in [0.717, 1.165) is 29.0 Å². The Bertz CT molecular complexity index is 939. The number of benzene rings is 2. The molecule has 1 heterocycles. The number of halogens is 2. The molecule has 0 unspecified atom stereocenters. The minimum Gasteiger partial charge on any atom is -0.496 e. The van der Waals surface area contributed by atoms with E-state index in [1.165, 1.54) is 17.4 Å². The van der Waals surface area contributed by atoms with E-state index >= 15 is 0 Å². The number of carbonyl (C=O) groups is 1. The lowest BCUT2D eigenvalue weighted by Gasteiger charge is -2.07. The van der Waals surface area contributed by atoms with Gasteiger partial charge >= 0.3 is 6.03 Å². The van der Waals surface area contributed by atoms with Crippen LogP contribution in [0.3, 0.4) is 0 Å². The van der Waals surface area contributed by atoms with Crippen LogP contribution in [-0.4, -0.2) is 18.1 Å². The van der Waals surface area contributed by atoms with E-state index < -0.39 is 23.4 Å². The highest BCUT2D eigenvalue weighted by Gasteiger charge is 2.14. The first-order valence-corrected chi connectivity index (χ1v) is 8.48. The number of hydrogen-bond acceptors (Lipinski definition) is 4. The Labute approximate surface area is 152 Å². The molecular formula is C18H15F2N3O2S. The maximum atomic E-state index is 13.6. The van der Waals surface area contributed by atoms with E-state index in [4.69, 9.17) is 4.74 Å². The van der Waals surface area contributed by atoms with Gasteiger partial charge in [-0.3, -0.25) is 5.32 Å². The smallest absolute Gasteiger partial charge is 0.325 e. The van der Waals surface area contributed by atoms with Crippen molar-refractivity contribution in [3.8, 4) is 17.0 Å².